The van der Waals surface area contributed by atoms with E-state index in [4.69, 9.17) is 14.2 Å². The molecule has 0 aliphatic carbocycles. The van der Waals surface area contributed by atoms with Crippen LogP contribution >= 0.6 is 0 Å². The molecule has 2 amide bonds. The van der Waals surface area contributed by atoms with Crippen LogP contribution in [0, 0.1) is 0 Å². The van der Waals surface area contributed by atoms with Crippen molar-refractivity contribution in [1.82, 2.24) is 4.90 Å². The molecule has 2 aliphatic heterocycles. The van der Waals surface area contributed by atoms with Crippen molar-refractivity contribution in [2.75, 3.05) is 25.2 Å². The lowest BCUT2D eigenvalue weighted by molar-refractivity contribution is -0.116. The van der Waals surface area contributed by atoms with E-state index in [1.807, 2.05) is 44.2 Å². The maximum Gasteiger partial charge on any atom is 0.256 e. The van der Waals surface area contributed by atoms with Gasteiger partial charge in [0.05, 0.1) is 23.5 Å². The van der Waals surface area contributed by atoms with E-state index in [0.717, 1.165) is 11.3 Å². The van der Waals surface area contributed by atoms with Gasteiger partial charge in [-0.1, -0.05) is 18.2 Å². The van der Waals surface area contributed by atoms with Gasteiger partial charge in [0, 0.05) is 19.5 Å². The predicted molar refractivity (Wildman–Crippen MR) is 112 cm³/mol. The highest BCUT2D eigenvalue weighted by Crippen LogP contribution is 2.32. The number of morpholine rings is 1. The molecule has 1 fully saturated rings. The molecule has 7 heteroatoms. The van der Waals surface area contributed by atoms with Crippen LogP contribution in [0.15, 0.2) is 42.5 Å². The summed E-state index contributed by atoms with van der Waals surface area (Å²) in [4.78, 5) is 27.4. The fourth-order valence-electron chi connectivity index (χ4n) is 3.86. The molecule has 0 radical (unpaired) electrons. The van der Waals surface area contributed by atoms with Crippen molar-refractivity contribution < 1.29 is 23.8 Å². The van der Waals surface area contributed by atoms with Crippen molar-refractivity contribution >= 4 is 17.5 Å². The summed E-state index contributed by atoms with van der Waals surface area (Å²) in [6.07, 6.45) is 0.840. The van der Waals surface area contributed by atoms with E-state index in [0.29, 0.717) is 42.9 Å². The zero-order valence-corrected chi connectivity index (χ0v) is 17.2. The molecule has 7 nitrogen and oxygen atoms in total. The van der Waals surface area contributed by atoms with E-state index in [9.17, 15) is 9.59 Å². The minimum absolute atomic E-state index is 0.0128. The summed E-state index contributed by atoms with van der Waals surface area (Å²) in [6.45, 7) is 5.22. The number of rotatable bonds is 5. The predicted octanol–water partition coefficient (Wildman–Crippen LogP) is 3.24. The van der Waals surface area contributed by atoms with E-state index >= 15 is 0 Å². The third-order valence-corrected chi connectivity index (χ3v) is 5.22. The van der Waals surface area contributed by atoms with Gasteiger partial charge in [-0.2, -0.15) is 0 Å². The monoisotopic (exact) mass is 410 g/mol. The van der Waals surface area contributed by atoms with Gasteiger partial charge in [0.2, 0.25) is 12.7 Å². The summed E-state index contributed by atoms with van der Waals surface area (Å²) in [6, 6.07) is 12.8. The second kappa shape index (κ2) is 8.75. The molecule has 0 unspecified atom stereocenters. The van der Waals surface area contributed by atoms with Crippen LogP contribution in [0.3, 0.4) is 0 Å². The molecule has 2 heterocycles. The molecule has 0 bridgehead atoms. The molecule has 2 atom stereocenters. The van der Waals surface area contributed by atoms with Gasteiger partial charge in [-0.15, -0.1) is 0 Å². The highest BCUT2D eigenvalue weighted by molar-refractivity contribution is 6.03. The van der Waals surface area contributed by atoms with Crippen molar-refractivity contribution in [3.05, 3.63) is 53.6 Å². The van der Waals surface area contributed by atoms with Gasteiger partial charge >= 0.3 is 0 Å². The molecular formula is C23H26N2O5. The van der Waals surface area contributed by atoms with E-state index in [-0.39, 0.29) is 30.8 Å². The van der Waals surface area contributed by atoms with Gasteiger partial charge in [0.25, 0.3) is 5.91 Å². The number of carbonyl (C=O) groups excluding carboxylic acids is 2. The molecule has 0 spiro atoms. The Morgan fingerprint density at radius 3 is 2.57 bits per heavy atom. The quantitative estimate of drug-likeness (QED) is 0.819. The average Bonchev–Trinajstić information content (AvgIpc) is 3.19. The van der Waals surface area contributed by atoms with Gasteiger partial charge in [-0.05, 0) is 50.1 Å². The standard InChI is InChI=1S/C23H26N2O5/c1-15-12-25(13-16(2)30-15)23(27)18-5-3-4-6-19(18)24-22(26)10-8-17-7-9-20-21(11-17)29-14-28-20/h3-7,9,11,15-16H,8,10,12-14H2,1-2H3,(H,24,26)/t15-,16+. The van der Waals surface area contributed by atoms with Crippen LogP contribution in [-0.2, 0) is 16.0 Å². The lowest BCUT2D eigenvalue weighted by Gasteiger charge is -2.35. The number of anilines is 1. The van der Waals surface area contributed by atoms with Crippen molar-refractivity contribution in [2.45, 2.75) is 38.9 Å². The van der Waals surface area contributed by atoms with E-state index in [1.54, 1.807) is 17.0 Å². The third kappa shape index (κ3) is 4.57. The fourth-order valence-corrected chi connectivity index (χ4v) is 3.86. The fraction of sp³-hybridized carbons (Fsp3) is 0.391. The van der Waals surface area contributed by atoms with Crippen LogP contribution in [0.25, 0.3) is 0 Å². The van der Waals surface area contributed by atoms with Gasteiger partial charge in [-0.25, -0.2) is 0 Å². The zero-order valence-electron chi connectivity index (χ0n) is 17.2. The number of nitrogens with one attached hydrogen (secondary N) is 1. The molecule has 1 saturated heterocycles. The number of amides is 2. The summed E-state index contributed by atoms with van der Waals surface area (Å²) < 4.78 is 16.4. The molecular weight excluding hydrogens is 384 g/mol. The normalized spacial score (nSPS) is 20.1. The molecule has 2 aromatic carbocycles. The Bertz CT molecular complexity index is 935. The summed E-state index contributed by atoms with van der Waals surface area (Å²) in [5, 5.41) is 2.90. The number of hydrogen-bond donors (Lipinski definition) is 1. The summed E-state index contributed by atoms with van der Waals surface area (Å²) in [7, 11) is 0. The maximum atomic E-state index is 13.1. The second-order valence-corrected chi connectivity index (χ2v) is 7.75. The molecule has 2 aromatic rings. The van der Waals surface area contributed by atoms with Crippen LogP contribution in [0.1, 0.15) is 36.2 Å². The summed E-state index contributed by atoms with van der Waals surface area (Å²) in [5.74, 6) is 1.19. The first-order chi connectivity index (χ1) is 14.5. The largest absolute Gasteiger partial charge is 0.454 e. The molecule has 0 saturated carbocycles. The maximum absolute atomic E-state index is 13.1. The first kappa shape index (κ1) is 20.2. The Morgan fingerprint density at radius 1 is 1.03 bits per heavy atom. The second-order valence-electron chi connectivity index (χ2n) is 7.75. The summed E-state index contributed by atoms with van der Waals surface area (Å²) in [5.41, 5.74) is 2.02. The van der Waals surface area contributed by atoms with Crippen LogP contribution in [0.4, 0.5) is 5.69 Å². The van der Waals surface area contributed by atoms with Crippen LogP contribution in [0.2, 0.25) is 0 Å². The van der Waals surface area contributed by atoms with Gasteiger partial charge in [-0.3, -0.25) is 9.59 Å². The number of benzene rings is 2. The van der Waals surface area contributed by atoms with Gasteiger partial charge in [0.1, 0.15) is 0 Å². The Balaban J connectivity index is 1.39. The van der Waals surface area contributed by atoms with Gasteiger partial charge < -0.3 is 24.4 Å². The number of para-hydroxylation sites is 1. The molecule has 1 N–H and O–H groups in total. The molecule has 0 aromatic heterocycles. The van der Waals surface area contributed by atoms with Crippen LogP contribution in [-0.4, -0.2) is 48.8 Å². The minimum atomic E-state index is -0.142. The SMILES string of the molecule is C[C@@H]1CN(C(=O)c2ccccc2NC(=O)CCc2ccc3c(c2)OCO3)C[C@H](C)O1. The first-order valence-corrected chi connectivity index (χ1v) is 10.2. The molecule has 2 aliphatic rings. The number of nitrogens with zero attached hydrogens (tertiary/aromatic N) is 1. The lowest BCUT2D eigenvalue weighted by Crippen LogP contribution is -2.48. The van der Waals surface area contributed by atoms with E-state index < -0.39 is 0 Å². The Labute approximate surface area is 175 Å². The van der Waals surface area contributed by atoms with Gasteiger partial charge in [0.15, 0.2) is 11.5 Å². The molecule has 30 heavy (non-hydrogen) atoms. The Hall–Kier alpha value is -3.06. The number of ether oxygens (including phenoxy) is 3. The number of aryl methyl sites for hydroxylation is 1. The molecule has 4 rings (SSSR count). The van der Waals surface area contributed by atoms with Crippen LogP contribution in [0.5, 0.6) is 11.5 Å². The smallest absolute Gasteiger partial charge is 0.256 e. The zero-order chi connectivity index (χ0) is 21.1. The lowest BCUT2D eigenvalue weighted by atomic mass is 10.1. The topological polar surface area (TPSA) is 77.1 Å². The number of fused-ring (bicyclic) bond motifs is 1. The van der Waals surface area contributed by atoms with Crippen molar-refractivity contribution in [1.29, 1.82) is 0 Å². The Morgan fingerprint density at radius 2 is 1.77 bits per heavy atom. The van der Waals surface area contributed by atoms with Crippen molar-refractivity contribution in [3.63, 3.8) is 0 Å². The highest BCUT2D eigenvalue weighted by Gasteiger charge is 2.28. The number of hydrogen-bond acceptors (Lipinski definition) is 5. The summed E-state index contributed by atoms with van der Waals surface area (Å²) >= 11 is 0. The average molecular weight is 410 g/mol. The van der Waals surface area contributed by atoms with Crippen molar-refractivity contribution in [3.8, 4) is 11.5 Å². The third-order valence-electron chi connectivity index (χ3n) is 5.22. The minimum Gasteiger partial charge on any atom is -0.454 e. The van der Waals surface area contributed by atoms with E-state index in [1.165, 1.54) is 0 Å². The molecule has 158 valence electrons. The Kier molecular flexibility index (Phi) is 5.90. The highest BCUT2D eigenvalue weighted by atomic mass is 16.7. The first-order valence-electron chi connectivity index (χ1n) is 10.2. The number of carbonyl (C=O) groups is 2. The van der Waals surface area contributed by atoms with Crippen molar-refractivity contribution in [2.24, 2.45) is 0 Å². The van der Waals surface area contributed by atoms with E-state index in [2.05, 4.69) is 5.32 Å². The van der Waals surface area contributed by atoms with Crippen LogP contribution < -0.4 is 14.8 Å².